The number of fused-ring (bicyclic) bond motifs is 3. The van der Waals surface area contributed by atoms with Crippen molar-refractivity contribution in [3.05, 3.63) is 65.3 Å². The first-order valence-electron chi connectivity index (χ1n) is 7.60. The molecule has 4 rings (SSSR count). The van der Waals surface area contributed by atoms with Crippen LogP contribution < -0.4 is 5.56 Å². The molecule has 0 aliphatic carbocycles. The number of nitrogens with zero attached hydrogens (tertiary/aromatic N) is 4. The highest BCUT2D eigenvalue weighted by Gasteiger charge is 2.18. The van der Waals surface area contributed by atoms with Gasteiger partial charge >= 0.3 is 0 Å². The van der Waals surface area contributed by atoms with Gasteiger partial charge in [-0.2, -0.15) is 0 Å². The Morgan fingerprint density at radius 2 is 1.78 bits per heavy atom. The van der Waals surface area contributed by atoms with Crippen molar-refractivity contribution >= 4 is 22.1 Å². The molecule has 0 radical (unpaired) electrons. The number of pyridine rings is 2. The Balaban J connectivity index is 2.26. The van der Waals surface area contributed by atoms with Crippen LogP contribution in [-0.2, 0) is 0 Å². The first-order valence-corrected chi connectivity index (χ1v) is 7.60. The van der Waals surface area contributed by atoms with Gasteiger partial charge in [-0.1, -0.05) is 18.2 Å². The minimum Gasteiger partial charge on any atom is -0.323 e. The van der Waals surface area contributed by atoms with E-state index in [1.807, 2.05) is 60.9 Å². The first kappa shape index (κ1) is 13.7. The van der Waals surface area contributed by atoms with E-state index in [2.05, 4.69) is 9.97 Å². The van der Waals surface area contributed by atoms with Crippen LogP contribution in [0, 0.1) is 0 Å². The highest BCUT2D eigenvalue weighted by molar-refractivity contribution is 6.01. The average molecular weight is 304 g/mol. The molecule has 5 nitrogen and oxygen atoms in total. The van der Waals surface area contributed by atoms with Crippen molar-refractivity contribution in [2.45, 2.75) is 19.9 Å². The van der Waals surface area contributed by atoms with Gasteiger partial charge in [-0.25, -0.2) is 9.97 Å². The van der Waals surface area contributed by atoms with Gasteiger partial charge in [-0.3, -0.25) is 9.36 Å². The number of aromatic nitrogens is 4. The maximum Gasteiger partial charge on any atom is 0.282 e. The monoisotopic (exact) mass is 304 g/mol. The molecule has 1 aromatic carbocycles. The minimum absolute atomic E-state index is 0.0939. The molecule has 0 saturated carbocycles. The van der Waals surface area contributed by atoms with E-state index >= 15 is 0 Å². The highest BCUT2D eigenvalue weighted by Crippen LogP contribution is 2.24. The third-order valence-electron chi connectivity index (χ3n) is 4.02. The quantitative estimate of drug-likeness (QED) is 0.571. The van der Waals surface area contributed by atoms with Crippen LogP contribution in [0.25, 0.3) is 27.8 Å². The Morgan fingerprint density at radius 3 is 2.52 bits per heavy atom. The van der Waals surface area contributed by atoms with Gasteiger partial charge in [0.25, 0.3) is 5.56 Å². The fourth-order valence-electron chi connectivity index (χ4n) is 2.94. The number of hydrogen-bond donors (Lipinski definition) is 0. The fraction of sp³-hybridized carbons (Fsp3) is 0.167. The molecule has 0 fully saturated rings. The van der Waals surface area contributed by atoms with Gasteiger partial charge in [0.05, 0.1) is 12.0 Å². The molecule has 0 bridgehead atoms. The van der Waals surface area contributed by atoms with Crippen LogP contribution in [0.4, 0.5) is 0 Å². The third-order valence-corrected chi connectivity index (χ3v) is 4.02. The second-order valence-corrected chi connectivity index (χ2v) is 5.79. The lowest BCUT2D eigenvalue weighted by Gasteiger charge is -2.12. The average Bonchev–Trinajstić information content (AvgIpc) is 3.02. The molecule has 3 heterocycles. The Labute approximate surface area is 132 Å². The lowest BCUT2D eigenvalue weighted by molar-refractivity contribution is 0.615. The van der Waals surface area contributed by atoms with Crippen molar-refractivity contribution in [1.29, 1.82) is 0 Å². The zero-order valence-corrected chi connectivity index (χ0v) is 13.0. The molecule has 0 atom stereocenters. The van der Waals surface area contributed by atoms with Crippen molar-refractivity contribution < 1.29 is 0 Å². The summed E-state index contributed by atoms with van der Waals surface area (Å²) in [5, 5.41) is 0.880. The highest BCUT2D eigenvalue weighted by atomic mass is 16.1. The van der Waals surface area contributed by atoms with Gasteiger partial charge < -0.3 is 4.57 Å². The van der Waals surface area contributed by atoms with Crippen LogP contribution >= 0.6 is 0 Å². The summed E-state index contributed by atoms with van der Waals surface area (Å²) in [6.07, 6.45) is 3.44. The molecule has 0 unspecified atom stereocenters. The normalized spacial score (nSPS) is 11.6. The van der Waals surface area contributed by atoms with E-state index in [1.165, 1.54) is 0 Å². The van der Waals surface area contributed by atoms with Crippen molar-refractivity contribution in [2.24, 2.45) is 0 Å². The van der Waals surface area contributed by atoms with Gasteiger partial charge in [0.1, 0.15) is 16.7 Å². The smallest absolute Gasteiger partial charge is 0.282 e. The van der Waals surface area contributed by atoms with Crippen molar-refractivity contribution in [2.75, 3.05) is 0 Å². The van der Waals surface area contributed by atoms with Crippen molar-refractivity contribution in [3.63, 3.8) is 0 Å². The summed E-state index contributed by atoms with van der Waals surface area (Å²) >= 11 is 0. The zero-order valence-electron chi connectivity index (χ0n) is 13.0. The van der Waals surface area contributed by atoms with E-state index in [0.717, 1.165) is 11.1 Å². The van der Waals surface area contributed by atoms with E-state index in [9.17, 15) is 4.79 Å². The van der Waals surface area contributed by atoms with E-state index in [4.69, 9.17) is 0 Å². The number of para-hydroxylation sites is 1. The van der Waals surface area contributed by atoms with E-state index < -0.39 is 0 Å². The summed E-state index contributed by atoms with van der Waals surface area (Å²) < 4.78 is 3.59. The number of rotatable bonds is 2. The molecule has 0 aliphatic heterocycles. The standard InChI is InChI=1S/C18H16N4O/c1-12(2)21-11-20-15-14-9-6-10-19-17(14)22(18(23)16(15)21)13-7-4-3-5-8-13/h3-12H,1-2H3. The topological polar surface area (TPSA) is 52.7 Å². The number of imidazole rings is 1. The van der Waals surface area contributed by atoms with Crippen molar-refractivity contribution in [3.8, 4) is 5.69 Å². The predicted octanol–water partition coefficient (Wildman–Crippen LogP) is 3.32. The SMILES string of the molecule is CC(C)n1cnc2c3cccnc3n(-c3ccccc3)c(=O)c21. The van der Waals surface area contributed by atoms with Crippen LogP contribution in [0.1, 0.15) is 19.9 Å². The molecule has 0 N–H and O–H groups in total. The molecule has 0 aliphatic rings. The first-order chi connectivity index (χ1) is 11.2. The van der Waals surface area contributed by atoms with Gasteiger partial charge in [0.15, 0.2) is 0 Å². The second-order valence-electron chi connectivity index (χ2n) is 5.79. The summed E-state index contributed by atoms with van der Waals surface area (Å²) in [7, 11) is 0. The maximum absolute atomic E-state index is 13.2. The van der Waals surface area contributed by atoms with Crippen LogP contribution in [0.5, 0.6) is 0 Å². The van der Waals surface area contributed by atoms with E-state index in [1.54, 1.807) is 17.1 Å². The van der Waals surface area contributed by atoms with Crippen LogP contribution in [0.2, 0.25) is 0 Å². The van der Waals surface area contributed by atoms with Crippen LogP contribution in [0.3, 0.4) is 0 Å². The molecule has 3 aromatic heterocycles. The zero-order chi connectivity index (χ0) is 16.0. The molecule has 5 heteroatoms. The summed E-state index contributed by atoms with van der Waals surface area (Å²) in [4.78, 5) is 22.1. The molecular weight excluding hydrogens is 288 g/mol. The number of hydrogen-bond acceptors (Lipinski definition) is 3. The molecule has 114 valence electrons. The summed E-state index contributed by atoms with van der Waals surface area (Å²) in [6.45, 7) is 4.09. The van der Waals surface area contributed by atoms with Crippen LogP contribution in [0.15, 0.2) is 59.8 Å². The van der Waals surface area contributed by atoms with E-state index in [-0.39, 0.29) is 11.6 Å². The lowest BCUT2D eigenvalue weighted by Crippen LogP contribution is -2.22. The van der Waals surface area contributed by atoms with Crippen LogP contribution in [-0.4, -0.2) is 19.1 Å². The van der Waals surface area contributed by atoms with Gasteiger partial charge in [-0.05, 0) is 38.1 Å². The predicted molar refractivity (Wildman–Crippen MR) is 91.0 cm³/mol. The maximum atomic E-state index is 13.2. The summed E-state index contributed by atoms with van der Waals surface area (Å²) in [5.74, 6) is 0. The Morgan fingerprint density at radius 1 is 1.00 bits per heavy atom. The van der Waals surface area contributed by atoms with Gasteiger partial charge in [0, 0.05) is 17.6 Å². The molecular formula is C18H16N4O. The van der Waals surface area contributed by atoms with Gasteiger partial charge in [0.2, 0.25) is 0 Å². The largest absolute Gasteiger partial charge is 0.323 e. The Kier molecular flexibility index (Phi) is 3.01. The molecule has 0 spiro atoms. The fourth-order valence-corrected chi connectivity index (χ4v) is 2.94. The molecule has 0 saturated heterocycles. The molecule has 0 amide bonds. The van der Waals surface area contributed by atoms with E-state index in [0.29, 0.717) is 16.7 Å². The lowest BCUT2D eigenvalue weighted by atomic mass is 10.2. The summed E-state index contributed by atoms with van der Waals surface area (Å²) in [5.41, 5.74) is 2.66. The summed E-state index contributed by atoms with van der Waals surface area (Å²) in [6, 6.07) is 13.6. The third kappa shape index (κ3) is 1.97. The van der Waals surface area contributed by atoms with Crippen molar-refractivity contribution in [1.82, 2.24) is 19.1 Å². The second kappa shape index (κ2) is 5.05. The molecule has 23 heavy (non-hydrogen) atoms. The van der Waals surface area contributed by atoms with Gasteiger partial charge in [-0.15, -0.1) is 0 Å². The number of benzene rings is 1. The Hall–Kier alpha value is -2.95. The molecule has 4 aromatic rings. The minimum atomic E-state index is -0.0939. The Bertz CT molecular complexity index is 1060.